The SMILES string of the molecule is CCOc1cc2ncc(C#N)c(Nc3ccc(Oc4ccccc4F)c(F)c3)c2cc1NC(=O)/C=C/CN(C)C. The maximum Gasteiger partial charge on any atom is 0.248 e. The highest BCUT2D eigenvalue weighted by molar-refractivity contribution is 6.04. The highest BCUT2D eigenvalue weighted by atomic mass is 19.1. The molecule has 204 valence electrons. The third kappa shape index (κ3) is 6.70. The Hall–Kier alpha value is -5.01. The number of hydrogen-bond acceptors (Lipinski definition) is 7. The van der Waals surface area contributed by atoms with E-state index < -0.39 is 11.6 Å². The van der Waals surface area contributed by atoms with Crippen molar-refractivity contribution in [3.8, 4) is 23.3 Å². The lowest BCUT2D eigenvalue weighted by Crippen LogP contribution is -2.13. The summed E-state index contributed by atoms with van der Waals surface area (Å²) in [5.41, 5.74) is 1.75. The summed E-state index contributed by atoms with van der Waals surface area (Å²) in [6.45, 7) is 2.76. The van der Waals surface area contributed by atoms with Gasteiger partial charge in [-0.15, -0.1) is 0 Å². The summed E-state index contributed by atoms with van der Waals surface area (Å²) in [5.74, 6) is -1.56. The molecule has 1 heterocycles. The van der Waals surface area contributed by atoms with Gasteiger partial charge < -0.3 is 25.0 Å². The minimum Gasteiger partial charge on any atom is -0.492 e. The van der Waals surface area contributed by atoms with Gasteiger partial charge in [-0.2, -0.15) is 5.26 Å². The van der Waals surface area contributed by atoms with Crippen molar-refractivity contribution < 1.29 is 23.0 Å². The number of aromatic nitrogens is 1. The van der Waals surface area contributed by atoms with Gasteiger partial charge in [0.05, 0.1) is 29.1 Å². The van der Waals surface area contributed by atoms with E-state index in [-0.39, 0.29) is 23.0 Å². The van der Waals surface area contributed by atoms with Gasteiger partial charge in [-0.25, -0.2) is 8.78 Å². The molecule has 8 nitrogen and oxygen atoms in total. The third-order valence-electron chi connectivity index (χ3n) is 5.65. The van der Waals surface area contributed by atoms with Crippen molar-refractivity contribution in [1.82, 2.24) is 9.88 Å². The molecular formula is C30H27F2N5O3. The Morgan fingerprint density at radius 3 is 2.55 bits per heavy atom. The molecule has 40 heavy (non-hydrogen) atoms. The van der Waals surface area contributed by atoms with Crippen LogP contribution in [0.25, 0.3) is 10.9 Å². The first-order chi connectivity index (χ1) is 19.3. The first kappa shape index (κ1) is 28.0. The lowest BCUT2D eigenvalue weighted by molar-refractivity contribution is -0.111. The van der Waals surface area contributed by atoms with Crippen molar-refractivity contribution in [2.24, 2.45) is 0 Å². The zero-order valence-corrected chi connectivity index (χ0v) is 22.2. The molecule has 4 aromatic rings. The van der Waals surface area contributed by atoms with Crippen LogP contribution in [0.5, 0.6) is 17.2 Å². The molecule has 2 N–H and O–H groups in total. The van der Waals surface area contributed by atoms with Crippen molar-refractivity contribution >= 4 is 33.9 Å². The number of anilines is 3. The molecule has 0 aliphatic rings. The number of amides is 1. The standard InChI is InChI=1S/C30H27F2N5O3/c1-4-39-28-16-24-21(15-25(28)36-29(38)10-7-13-37(2)3)30(19(17-33)18-34-24)35-20-11-12-27(23(32)14-20)40-26-9-6-5-8-22(26)31/h5-12,14-16,18H,4,13H2,1-3H3,(H,34,35)(H,36,38)/b10-7+. The van der Waals surface area contributed by atoms with Crippen LogP contribution >= 0.6 is 0 Å². The van der Waals surface area contributed by atoms with Crippen LogP contribution in [-0.4, -0.2) is 43.0 Å². The second-order valence-corrected chi connectivity index (χ2v) is 8.91. The summed E-state index contributed by atoms with van der Waals surface area (Å²) in [4.78, 5) is 18.9. The van der Waals surface area contributed by atoms with E-state index in [9.17, 15) is 18.8 Å². The van der Waals surface area contributed by atoms with Crippen LogP contribution in [0, 0.1) is 23.0 Å². The lowest BCUT2D eigenvalue weighted by Gasteiger charge is -2.16. The molecule has 0 radical (unpaired) electrons. The van der Waals surface area contributed by atoms with Crippen LogP contribution in [0.3, 0.4) is 0 Å². The molecule has 0 unspecified atom stereocenters. The Bertz CT molecular complexity index is 1620. The number of carbonyl (C=O) groups excluding carboxylic acids is 1. The summed E-state index contributed by atoms with van der Waals surface area (Å²) >= 11 is 0. The normalized spacial score (nSPS) is 11.0. The maximum atomic E-state index is 14.9. The number of nitrogens with zero attached hydrogens (tertiary/aromatic N) is 3. The fourth-order valence-electron chi connectivity index (χ4n) is 3.81. The van der Waals surface area contributed by atoms with Gasteiger partial charge in [-0.3, -0.25) is 9.78 Å². The molecule has 10 heteroatoms. The minimum absolute atomic E-state index is 0.106. The number of rotatable bonds is 10. The molecule has 0 saturated heterocycles. The number of halogens is 2. The Kier molecular flexibility index (Phi) is 8.89. The third-order valence-corrected chi connectivity index (χ3v) is 5.65. The van der Waals surface area contributed by atoms with Gasteiger partial charge in [-0.1, -0.05) is 18.2 Å². The first-order valence-corrected chi connectivity index (χ1v) is 12.4. The van der Waals surface area contributed by atoms with Crippen molar-refractivity contribution in [3.05, 3.63) is 90.1 Å². The monoisotopic (exact) mass is 543 g/mol. The number of carbonyl (C=O) groups is 1. The molecule has 0 spiro atoms. The average molecular weight is 544 g/mol. The fraction of sp³-hybridized carbons (Fsp3) is 0.167. The van der Waals surface area contributed by atoms with E-state index in [1.807, 2.05) is 25.9 Å². The van der Waals surface area contributed by atoms with Crippen LogP contribution < -0.4 is 20.1 Å². The number of nitrogens with one attached hydrogen (secondary N) is 2. The highest BCUT2D eigenvalue weighted by Gasteiger charge is 2.16. The predicted molar refractivity (Wildman–Crippen MR) is 150 cm³/mol. The van der Waals surface area contributed by atoms with E-state index in [1.54, 1.807) is 30.3 Å². The van der Waals surface area contributed by atoms with Crippen LogP contribution in [0.2, 0.25) is 0 Å². The zero-order valence-electron chi connectivity index (χ0n) is 22.2. The van der Waals surface area contributed by atoms with E-state index in [2.05, 4.69) is 21.7 Å². The number of ether oxygens (including phenoxy) is 2. The first-order valence-electron chi connectivity index (χ1n) is 12.4. The Morgan fingerprint density at radius 2 is 1.85 bits per heavy atom. The van der Waals surface area contributed by atoms with Crippen molar-refractivity contribution in [3.63, 3.8) is 0 Å². The second kappa shape index (κ2) is 12.7. The van der Waals surface area contributed by atoms with Crippen LogP contribution in [0.1, 0.15) is 12.5 Å². The largest absolute Gasteiger partial charge is 0.492 e. The van der Waals surface area contributed by atoms with Crippen molar-refractivity contribution in [2.45, 2.75) is 6.92 Å². The average Bonchev–Trinajstić information content (AvgIpc) is 2.92. The summed E-state index contributed by atoms with van der Waals surface area (Å²) in [6.07, 6.45) is 4.55. The van der Waals surface area contributed by atoms with Crippen molar-refractivity contribution in [1.29, 1.82) is 5.26 Å². The quantitative estimate of drug-likeness (QED) is 0.224. The molecule has 0 saturated carbocycles. The van der Waals surface area contributed by atoms with E-state index >= 15 is 0 Å². The predicted octanol–water partition coefficient (Wildman–Crippen LogP) is 6.38. The van der Waals surface area contributed by atoms with Gasteiger partial charge in [0.25, 0.3) is 0 Å². The molecule has 0 aliphatic carbocycles. The van der Waals surface area contributed by atoms with Gasteiger partial charge >= 0.3 is 0 Å². The second-order valence-electron chi connectivity index (χ2n) is 8.91. The molecule has 3 aromatic carbocycles. The summed E-state index contributed by atoms with van der Waals surface area (Å²) in [5, 5.41) is 16.2. The van der Waals surface area contributed by atoms with E-state index in [4.69, 9.17) is 9.47 Å². The van der Waals surface area contributed by atoms with E-state index in [0.29, 0.717) is 46.9 Å². The number of hydrogen-bond donors (Lipinski definition) is 2. The lowest BCUT2D eigenvalue weighted by atomic mass is 10.1. The topological polar surface area (TPSA) is 99.5 Å². The van der Waals surface area contributed by atoms with E-state index in [0.717, 1.165) is 0 Å². The number of para-hydroxylation sites is 1. The Balaban J connectivity index is 1.69. The Morgan fingerprint density at radius 1 is 1.07 bits per heavy atom. The molecule has 0 fully saturated rings. The molecular weight excluding hydrogens is 516 g/mol. The maximum absolute atomic E-state index is 14.9. The molecule has 0 bridgehead atoms. The fourth-order valence-corrected chi connectivity index (χ4v) is 3.81. The Labute approximate surface area is 230 Å². The smallest absolute Gasteiger partial charge is 0.248 e. The number of likely N-dealkylation sites (N-methyl/N-ethyl adjacent to an activating group) is 1. The number of benzene rings is 3. The van der Waals surface area contributed by atoms with Gasteiger partial charge in [0.1, 0.15) is 11.8 Å². The summed E-state index contributed by atoms with van der Waals surface area (Å²) < 4.78 is 40.0. The molecule has 0 aliphatic heterocycles. The molecule has 4 rings (SSSR count). The van der Waals surface area contributed by atoms with Gasteiger partial charge in [0, 0.05) is 42.0 Å². The van der Waals surface area contributed by atoms with Gasteiger partial charge in [0.15, 0.2) is 23.1 Å². The van der Waals surface area contributed by atoms with Crippen LogP contribution in [0.4, 0.5) is 25.8 Å². The van der Waals surface area contributed by atoms with E-state index in [1.165, 1.54) is 42.6 Å². The van der Waals surface area contributed by atoms with Gasteiger partial charge in [0.2, 0.25) is 5.91 Å². The molecule has 0 atom stereocenters. The highest BCUT2D eigenvalue weighted by Crippen LogP contribution is 2.37. The molecule has 1 amide bonds. The molecule has 1 aromatic heterocycles. The minimum atomic E-state index is -0.735. The number of nitriles is 1. The van der Waals surface area contributed by atoms with Crippen molar-refractivity contribution in [2.75, 3.05) is 37.9 Å². The number of pyridine rings is 1. The summed E-state index contributed by atoms with van der Waals surface area (Å²) in [6, 6.07) is 15.2. The zero-order chi connectivity index (χ0) is 28.6. The van der Waals surface area contributed by atoms with Gasteiger partial charge in [-0.05, 0) is 51.4 Å². The summed E-state index contributed by atoms with van der Waals surface area (Å²) in [7, 11) is 3.78. The van der Waals surface area contributed by atoms with Crippen LogP contribution in [-0.2, 0) is 4.79 Å². The number of fused-ring (bicyclic) bond motifs is 1. The van der Waals surface area contributed by atoms with Crippen LogP contribution in [0.15, 0.2) is 72.9 Å².